The number of carbonyl (C=O) groups excluding carboxylic acids is 1. The predicted octanol–water partition coefficient (Wildman–Crippen LogP) is 1.74. The molecule has 1 fully saturated rings. The standard InChI is InChI=1S/C13H14ClNO4/c14-10-4-2-9(3-5-10)12(18)15-7-1-6-13(15,19)8-11(16)17/h2-5,19H,1,6-8H2,(H,16,17). The molecule has 6 heteroatoms. The van der Waals surface area contributed by atoms with Gasteiger partial charge in [-0.15, -0.1) is 0 Å². The van der Waals surface area contributed by atoms with Crippen LogP contribution in [0.3, 0.4) is 0 Å². The second kappa shape index (κ2) is 5.19. The van der Waals surface area contributed by atoms with Gasteiger partial charge in [0, 0.05) is 17.1 Å². The number of benzene rings is 1. The Hall–Kier alpha value is -1.59. The number of hydrogen-bond acceptors (Lipinski definition) is 3. The van der Waals surface area contributed by atoms with E-state index in [0.29, 0.717) is 23.6 Å². The van der Waals surface area contributed by atoms with Crippen LogP contribution in [0.1, 0.15) is 29.6 Å². The Balaban J connectivity index is 2.22. The van der Waals surface area contributed by atoms with Crippen molar-refractivity contribution in [1.29, 1.82) is 0 Å². The summed E-state index contributed by atoms with van der Waals surface area (Å²) >= 11 is 5.75. The summed E-state index contributed by atoms with van der Waals surface area (Å²) < 4.78 is 0. The molecule has 1 unspecified atom stereocenters. The van der Waals surface area contributed by atoms with Crippen molar-refractivity contribution in [2.24, 2.45) is 0 Å². The molecule has 1 aromatic carbocycles. The molecule has 1 atom stereocenters. The molecule has 1 aromatic rings. The van der Waals surface area contributed by atoms with Crippen molar-refractivity contribution in [3.05, 3.63) is 34.9 Å². The number of likely N-dealkylation sites (tertiary alicyclic amines) is 1. The minimum Gasteiger partial charge on any atom is -0.481 e. The molecule has 102 valence electrons. The van der Waals surface area contributed by atoms with E-state index in [1.807, 2.05) is 0 Å². The van der Waals surface area contributed by atoms with Crippen molar-refractivity contribution < 1.29 is 19.8 Å². The van der Waals surface area contributed by atoms with Crippen molar-refractivity contribution in [3.8, 4) is 0 Å². The van der Waals surface area contributed by atoms with Crippen LogP contribution in [0.5, 0.6) is 0 Å². The summed E-state index contributed by atoms with van der Waals surface area (Å²) in [7, 11) is 0. The maximum Gasteiger partial charge on any atom is 0.308 e. The first kappa shape index (κ1) is 13.8. The van der Waals surface area contributed by atoms with Crippen LogP contribution in [0.15, 0.2) is 24.3 Å². The lowest BCUT2D eigenvalue weighted by atomic mass is 10.1. The highest BCUT2D eigenvalue weighted by atomic mass is 35.5. The van der Waals surface area contributed by atoms with Crippen molar-refractivity contribution in [3.63, 3.8) is 0 Å². The first-order chi connectivity index (χ1) is 8.92. The van der Waals surface area contributed by atoms with E-state index in [-0.39, 0.29) is 12.3 Å². The Morgan fingerprint density at radius 2 is 1.95 bits per heavy atom. The second-order valence-electron chi connectivity index (χ2n) is 4.62. The van der Waals surface area contributed by atoms with E-state index in [4.69, 9.17) is 16.7 Å². The molecule has 5 nitrogen and oxygen atoms in total. The van der Waals surface area contributed by atoms with E-state index < -0.39 is 18.1 Å². The van der Waals surface area contributed by atoms with E-state index in [1.54, 1.807) is 24.3 Å². The first-order valence-corrected chi connectivity index (χ1v) is 6.32. The summed E-state index contributed by atoms with van der Waals surface area (Å²) in [4.78, 5) is 24.3. The van der Waals surface area contributed by atoms with Crippen molar-refractivity contribution >= 4 is 23.5 Å². The van der Waals surface area contributed by atoms with Gasteiger partial charge in [0.1, 0.15) is 0 Å². The van der Waals surface area contributed by atoms with Gasteiger partial charge in [-0.25, -0.2) is 0 Å². The highest BCUT2D eigenvalue weighted by Gasteiger charge is 2.43. The molecule has 2 rings (SSSR count). The molecule has 1 saturated heterocycles. The number of aliphatic hydroxyl groups is 1. The van der Waals surface area contributed by atoms with E-state index in [0.717, 1.165) is 0 Å². The maximum atomic E-state index is 12.3. The van der Waals surface area contributed by atoms with Gasteiger partial charge in [-0.3, -0.25) is 9.59 Å². The highest BCUT2D eigenvalue weighted by Crippen LogP contribution is 2.31. The molecule has 1 heterocycles. The summed E-state index contributed by atoms with van der Waals surface area (Å²) in [5.41, 5.74) is -1.21. The molecule has 1 aliphatic rings. The van der Waals surface area contributed by atoms with Gasteiger partial charge in [-0.2, -0.15) is 0 Å². The number of hydrogen-bond donors (Lipinski definition) is 2. The highest BCUT2D eigenvalue weighted by molar-refractivity contribution is 6.30. The molecule has 0 saturated carbocycles. The molecule has 0 aromatic heterocycles. The monoisotopic (exact) mass is 283 g/mol. The Kier molecular flexibility index (Phi) is 3.78. The van der Waals surface area contributed by atoms with Crippen LogP contribution < -0.4 is 0 Å². The van der Waals surface area contributed by atoms with Crippen LogP contribution in [-0.2, 0) is 4.79 Å². The van der Waals surface area contributed by atoms with Crippen LogP contribution in [0.2, 0.25) is 5.02 Å². The average Bonchev–Trinajstić information content (AvgIpc) is 2.69. The van der Waals surface area contributed by atoms with Crippen molar-refractivity contribution in [1.82, 2.24) is 4.90 Å². The molecule has 2 N–H and O–H groups in total. The fraction of sp³-hybridized carbons (Fsp3) is 0.385. The number of aliphatic carboxylic acids is 1. The average molecular weight is 284 g/mol. The van der Waals surface area contributed by atoms with E-state index in [2.05, 4.69) is 0 Å². The van der Waals surface area contributed by atoms with Crippen molar-refractivity contribution in [2.45, 2.75) is 25.0 Å². The third-order valence-corrected chi connectivity index (χ3v) is 3.48. The summed E-state index contributed by atoms with van der Waals surface area (Å²) in [5, 5.41) is 19.6. The Labute approximate surface area is 115 Å². The number of rotatable bonds is 3. The molecule has 0 aliphatic carbocycles. The number of nitrogens with zero attached hydrogens (tertiary/aromatic N) is 1. The largest absolute Gasteiger partial charge is 0.481 e. The topological polar surface area (TPSA) is 77.8 Å². The van der Waals surface area contributed by atoms with E-state index in [9.17, 15) is 14.7 Å². The molecule has 19 heavy (non-hydrogen) atoms. The van der Waals surface area contributed by atoms with Gasteiger partial charge in [0.2, 0.25) is 0 Å². The lowest BCUT2D eigenvalue weighted by Gasteiger charge is -2.32. The Morgan fingerprint density at radius 3 is 2.53 bits per heavy atom. The third-order valence-electron chi connectivity index (χ3n) is 3.23. The van der Waals surface area contributed by atoms with Crippen LogP contribution in [0.4, 0.5) is 0 Å². The zero-order valence-corrected chi connectivity index (χ0v) is 10.9. The fourth-order valence-electron chi connectivity index (χ4n) is 2.33. The second-order valence-corrected chi connectivity index (χ2v) is 5.06. The third kappa shape index (κ3) is 2.88. The molecule has 1 aliphatic heterocycles. The molecule has 1 amide bonds. The summed E-state index contributed by atoms with van der Waals surface area (Å²) in [6.45, 7) is 0.352. The van der Waals surface area contributed by atoms with E-state index in [1.165, 1.54) is 4.90 Å². The van der Waals surface area contributed by atoms with Gasteiger partial charge < -0.3 is 15.1 Å². The molecule has 0 bridgehead atoms. The Morgan fingerprint density at radius 1 is 1.32 bits per heavy atom. The fourth-order valence-corrected chi connectivity index (χ4v) is 2.45. The Bertz CT molecular complexity index is 502. The van der Waals surface area contributed by atoms with Gasteiger partial charge in [0.25, 0.3) is 5.91 Å². The maximum absolute atomic E-state index is 12.3. The smallest absolute Gasteiger partial charge is 0.308 e. The molecule has 0 spiro atoms. The van der Waals surface area contributed by atoms with Gasteiger partial charge in [0.05, 0.1) is 6.42 Å². The summed E-state index contributed by atoms with van der Waals surface area (Å²) in [6, 6.07) is 6.29. The molecular formula is C13H14ClNO4. The van der Waals surface area contributed by atoms with Gasteiger partial charge in [0.15, 0.2) is 5.72 Å². The number of carbonyl (C=O) groups is 2. The lowest BCUT2D eigenvalue weighted by Crippen LogP contribution is -2.48. The molecular weight excluding hydrogens is 270 g/mol. The zero-order valence-electron chi connectivity index (χ0n) is 10.2. The number of amides is 1. The van der Waals surface area contributed by atoms with Gasteiger partial charge in [-0.05, 0) is 37.1 Å². The van der Waals surface area contributed by atoms with Crippen LogP contribution in [-0.4, -0.2) is 39.3 Å². The minimum absolute atomic E-state index is 0.276. The summed E-state index contributed by atoms with van der Waals surface area (Å²) in [5.74, 6) is -1.50. The molecule has 0 radical (unpaired) electrons. The lowest BCUT2D eigenvalue weighted by molar-refractivity contribution is -0.148. The van der Waals surface area contributed by atoms with Gasteiger partial charge in [-0.1, -0.05) is 11.6 Å². The first-order valence-electron chi connectivity index (χ1n) is 5.94. The number of carboxylic acids is 1. The summed E-state index contributed by atoms with van der Waals surface area (Å²) in [6.07, 6.45) is 0.397. The van der Waals surface area contributed by atoms with Gasteiger partial charge >= 0.3 is 5.97 Å². The number of carboxylic acid groups (broad SMARTS) is 1. The van der Waals surface area contributed by atoms with Crippen molar-refractivity contribution in [2.75, 3.05) is 6.54 Å². The minimum atomic E-state index is -1.59. The van der Waals surface area contributed by atoms with E-state index >= 15 is 0 Å². The SMILES string of the molecule is O=C(O)CC1(O)CCCN1C(=O)c1ccc(Cl)cc1. The zero-order chi connectivity index (χ0) is 14.0. The predicted molar refractivity (Wildman–Crippen MR) is 68.9 cm³/mol. The van der Waals surface area contributed by atoms with Crippen LogP contribution >= 0.6 is 11.6 Å². The van der Waals surface area contributed by atoms with Crippen LogP contribution in [0.25, 0.3) is 0 Å². The number of halogens is 1. The van der Waals surface area contributed by atoms with Crippen LogP contribution in [0, 0.1) is 0 Å². The normalized spacial score (nSPS) is 22.5. The quantitative estimate of drug-likeness (QED) is 0.886.